The van der Waals surface area contributed by atoms with Crippen LogP contribution in [-0.4, -0.2) is 29.5 Å². The predicted molar refractivity (Wildman–Crippen MR) is 85.7 cm³/mol. The van der Waals surface area contributed by atoms with Gasteiger partial charge in [-0.25, -0.2) is 0 Å². The van der Waals surface area contributed by atoms with Crippen LogP contribution in [0.3, 0.4) is 0 Å². The summed E-state index contributed by atoms with van der Waals surface area (Å²) in [4.78, 5) is 15.9. The third kappa shape index (κ3) is 6.07. The van der Waals surface area contributed by atoms with Gasteiger partial charge >= 0.3 is 0 Å². The Hall–Kier alpha value is -0.840. The van der Waals surface area contributed by atoms with E-state index in [9.17, 15) is 4.79 Å². The highest BCUT2D eigenvalue weighted by molar-refractivity contribution is 5.85. The Balaban J connectivity index is 0.00000180. The number of pyridine rings is 1. The van der Waals surface area contributed by atoms with Crippen molar-refractivity contribution in [3.63, 3.8) is 0 Å². The number of hydrogen-bond donors (Lipinski definition) is 2. The van der Waals surface area contributed by atoms with Crippen LogP contribution < -0.4 is 10.6 Å². The predicted octanol–water partition coefficient (Wildman–Crippen LogP) is 2.12. The molecule has 1 fully saturated rings. The molecule has 0 radical (unpaired) electrons. The molecule has 2 heterocycles. The minimum absolute atomic E-state index is 0. The first-order valence-corrected chi connectivity index (χ1v) is 6.59. The number of piperidine rings is 1. The van der Waals surface area contributed by atoms with Crippen molar-refractivity contribution in [3.8, 4) is 0 Å². The smallest absolute Gasteiger partial charge is 0.220 e. The van der Waals surface area contributed by atoms with Crippen molar-refractivity contribution >= 4 is 30.7 Å². The zero-order chi connectivity index (χ0) is 12.8. The average Bonchev–Trinajstić information content (AvgIpc) is 2.38. The molecule has 4 nitrogen and oxygen atoms in total. The summed E-state index contributed by atoms with van der Waals surface area (Å²) >= 11 is 0. The van der Waals surface area contributed by atoms with Crippen LogP contribution in [0, 0.1) is 0 Å². The first-order chi connectivity index (χ1) is 8.68. The first-order valence-electron chi connectivity index (χ1n) is 6.59. The van der Waals surface area contributed by atoms with Gasteiger partial charge in [-0.15, -0.1) is 24.8 Å². The van der Waals surface area contributed by atoms with Crippen molar-refractivity contribution in [1.29, 1.82) is 0 Å². The highest BCUT2D eigenvalue weighted by Gasteiger charge is 2.27. The molecule has 114 valence electrons. The number of hydrogen-bond acceptors (Lipinski definition) is 3. The van der Waals surface area contributed by atoms with Crippen LogP contribution in [0.5, 0.6) is 0 Å². The number of carbonyl (C=O) groups excluding carboxylic acids is 1. The lowest BCUT2D eigenvalue weighted by atomic mass is 9.90. The van der Waals surface area contributed by atoms with Crippen molar-refractivity contribution in [3.05, 3.63) is 30.1 Å². The first kappa shape index (κ1) is 19.2. The van der Waals surface area contributed by atoms with Gasteiger partial charge in [-0.2, -0.15) is 0 Å². The van der Waals surface area contributed by atoms with Crippen molar-refractivity contribution < 1.29 is 4.79 Å². The molecule has 20 heavy (non-hydrogen) atoms. The lowest BCUT2D eigenvalue weighted by Gasteiger charge is -2.35. The number of aromatic nitrogens is 1. The van der Waals surface area contributed by atoms with E-state index in [0.29, 0.717) is 6.42 Å². The summed E-state index contributed by atoms with van der Waals surface area (Å²) in [7, 11) is 0. The second kappa shape index (κ2) is 9.16. The third-order valence-electron chi connectivity index (χ3n) is 3.54. The summed E-state index contributed by atoms with van der Waals surface area (Å²) in [5, 5.41) is 6.48. The molecule has 0 unspecified atom stereocenters. The maximum Gasteiger partial charge on any atom is 0.220 e. The fourth-order valence-electron chi connectivity index (χ4n) is 2.31. The lowest BCUT2D eigenvalue weighted by molar-refractivity contribution is -0.123. The van der Waals surface area contributed by atoms with E-state index >= 15 is 0 Å². The molecule has 0 atom stereocenters. The van der Waals surface area contributed by atoms with Gasteiger partial charge in [0, 0.05) is 24.4 Å². The van der Waals surface area contributed by atoms with Gasteiger partial charge in [-0.05, 0) is 57.0 Å². The molecule has 6 heteroatoms. The maximum absolute atomic E-state index is 11.9. The minimum atomic E-state index is -0.0272. The molecule has 1 aliphatic rings. The van der Waals surface area contributed by atoms with Crippen molar-refractivity contribution in [2.24, 2.45) is 0 Å². The molecule has 1 amide bonds. The van der Waals surface area contributed by atoms with Crippen LogP contribution in [0.1, 0.15) is 31.7 Å². The van der Waals surface area contributed by atoms with Gasteiger partial charge in [-0.3, -0.25) is 9.78 Å². The number of aryl methyl sites for hydroxylation is 1. The van der Waals surface area contributed by atoms with Gasteiger partial charge in [0.2, 0.25) is 5.91 Å². The molecule has 1 aromatic heterocycles. The minimum Gasteiger partial charge on any atom is -0.351 e. The second-order valence-electron chi connectivity index (χ2n) is 5.21. The van der Waals surface area contributed by atoms with Crippen molar-refractivity contribution in [2.45, 2.75) is 38.1 Å². The average molecular weight is 320 g/mol. The van der Waals surface area contributed by atoms with Gasteiger partial charge < -0.3 is 10.6 Å². The molecular weight excluding hydrogens is 297 g/mol. The number of amides is 1. The molecule has 1 saturated heterocycles. The molecule has 0 aliphatic carbocycles. The summed E-state index contributed by atoms with van der Waals surface area (Å²) in [5.74, 6) is 0.149. The summed E-state index contributed by atoms with van der Waals surface area (Å²) < 4.78 is 0. The van der Waals surface area contributed by atoms with Crippen LogP contribution >= 0.6 is 24.8 Å². The number of halogens is 2. The second-order valence-corrected chi connectivity index (χ2v) is 5.21. The van der Waals surface area contributed by atoms with E-state index in [2.05, 4.69) is 22.5 Å². The van der Waals surface area contributed by atoms with E-state index in [-0.39, 0.29) is 36.3 Å². The van der Waals surface area contributed by atoms with E-state index in [1.165, 1.54) is 0 Å². The Morgan fingerprint density at radius 2 is 1.90 bits per heavy atom. The molecule has 0 saturated carbocycles. The van der Waals surface area contributed by atoms with Crippen LogP contribution in [-0.2, 0) is 11.2 Å². The SMILES string of the molecule is CC1(NC(=O)CCc2ccncc2)CCNCC1.Cl.Cl. The molecule has 0 spiro atoms. The van der Waals surface area contributed by atoms with Crippen molar-refractivity contribution in [1.82, 2.24) is 15.6 Å². The topological polar surface area (TPSA) is 54.0 Å². The molecule has 0 aromatic carbocycles. The Kier molecular flexibility index (Phi) is 8.78. The normalized spacial score (nSPS) is 16.4. The number of nitrogens with zero attached hydrogens (tertiary/aromatic N) is 1. The quantitative estimate of drug-likeness (QED) is 0.893. The van der Waals surface area contributed by atoms with E-state index in [1.54, 1.807) is 12.4 Å². The number of rotatable bonds is 4. The highest BCUT2D eigenvalue weighted by atomic mass is 35.5. The largest absolute Gasteiger partial charge is 0.351 e. The highest BCUT2D eigenvalue weighted by Crippen LogP contribution is 2.17. The fourth-order valence-corrected chi connectivity index (χ4v) is 2.31. The monoisotopic (exact) mass is 319 g/mol. The number of nitrogens with one attached hydrogen (secondary N) is 2. The summed E-state index contributed by atoms with van der Waals surface area (Å²) in [5.41, 5.74) is 1.14. The summed E-state index contributed by atoms with van der Waals surface area (Å²) in [6, 6.07) is 3.92. The Morgan fingerprint density at radius 1 is 1.30 bits per heavy atom. The Bertz CT molecular complexity index is 395. The Labute approximate surface area is 132 Å². The van der Waals surface area contributed by atoms with Gasteiger partial charge in [-0.1, -0.05) is 0 Å². The number of carbonyl (C=O) groups is 1. The van der Waals surface area contributed by atoms with Crippen molar-refractivity contribution in [2.75, 3.05) is 13.1 Å². The van der Waals surface area contributed by atoms with Crippen LogP contribution in [0.4, 0.5) is 0 Å². The molecule has 0 bridgehead atoms. The van der Waals surface area contributed by atoms with Gasteiger partial charge in [0.25, 0.3) is 0 Å². The van der Waals surface area contributed by atoms with E-state index in [0.717, 1.165) is 37.9 Å². The summed E-state index contributed by atoms with van der Waals surface area (Å²) in [6.45, 7) is 4.11. The maximum atomic E-state index is 11.9. The Morgan fingerprint density at radius 3 is 2.50 bits per heavy atom. The molecule has 2 rings (SSSR count). The molecule has 1 aliphatic heterocycles. The standard InChI is InChI=1S/C14H21N3O.2ClH/c1-14(6-10-16-11-7-14)17-13(18)3-2-12-4-8-15-9-5-12;;/h4-5,8-9,16H,2-3,6-7,10-11H2,1H3,(H,17,18);2*1H. The van der Waals surface area contributed by atoms with E-state index in [1.807, 2.05) is 12.1 Å². The van der Waals surface area contributed by atoms with Crippen LogP contribution in [0.15, 0.2) is 24.5 Å². The van der Waals surface area contributed by atoms with E-state index < -0.39 is 0 Å². The third-order valence-corrected chi connectivity index (χ3v) is 3.54. The molecule has 2 N–H and O–H groups in total. The molecular formula is C14H23Cl2N3O. The fraction of sp³-hybridized carbons (Fsp3) is 0.571. The lowest BCUT2D eigenvalue weighted by Crippen LogP contribution is -2.52. The summed E-state index contributed by atoms with van der Waals surface area (Å²) in [6.07, 6.45) is 6.88. The zero-order valence-electron chi connectivity index (χ0n) is 11.7. The zero-order valence-corrected chi connectivity index (χ0v) is 13.4. The van der Waals surface area contributed by atoms with Gasteiger partial charge in [0.15, 0.2) is 0 Å². The van der Waals surface area contributed by atoms with Gasteiger partial charge in [0.05, 0.1) is 0 Å². The van der Waals surface area contributed by atoms with Crippen LogP contribution in [0.2, 0.25) is 0 Å². The molecule has 1 aromatic rings. The van der Waals surface area contributed by atoms with E-state index in [4.69, 9.17) is 0 Å². The van der Waals surface area contributed by atoms with Gasteiger partial charge in [0.1, 0.15) is 0 Å². The van der Waals surface area contributed by atoms with Crippen LogP contribution in [0.25, 0.3) is 0 Å².